The van der Waals surface area contributed by atoms with E-state index in [1.54, 1.807) is 18.7 Å². The lowest BCUT2D eigenvalue weighted by Crippen LogP contribution is -2.56. The molecule has 5 nitrogen and oxygen atoms in total. The van der Waals surface area contributed by atoms with E-state index in [1.165, 1.54) is 4.90 Å². The van der Waals surface area contributed by atoms with Gasteiger partial charge in [0.25, 0.3) is 0 Å². The van der Waals surface area contributed by atoms with Crippen molar-refractivity contribution in [2.24, 2.45) is 0 Å². The van der Waals surface area contributed by atoms with Crippen LogP contribution in [0, 0.1) is 11.5 Å². The number of piperidine rings is 1. The van der Waals surface area contributed by atoms with Crippen LogP contribution in [-0.4, -0.2) is 40.1 Å². The Hall–Kier alpha value is -2.64. The van der Waals surface area contributed by atoms with Crippen LogP contribution in [0.1, 0.15) is 70.1 Å². The highest BCUT2D eigenvalue weighted by Crippen LogP contribution is 2.37. The number of alkyl halides is 6. The molecule has 0 saturated carbocycles. The zero-order valence-electron chi connectivity index (χ0n) is 19.5. The second-order valence-corrected chi connectivity index (χ2v) is 8.73. The number of rotatable bonds is 6. The van der Waals surface area contributed by atoms with E-state index in [4.69, 9.17) is 4.74 Å². The highest BCUT2D eigenvalue weighted by atomic mass is 19.4. The van der Waals surface area contributed by atoms with Gasteiger partial charge >= 0.3 is 18.4 Å². The average molecular weight is 493 g/mol. The van der Waals surface area contributed by atoms with Crippen LogP contribution in [0.3, 0.4) is 0 Å². The van der Waals surface area contributed by atoms with Crippen LogP contribution in [0.4, 0.5) is 31.1 Å². The normalized spacial score (nSPS) is 21.4. The van der Waals surface area contributed by atoms with E-state index in [9.17, 15) is 36.4 Å². The summed E-state index contributed by atoms with van der Waals surface area (Å²) in [6.45, 7) is 6.79. The fourth-order valence-corrected chi connectivity index (χ4v) is 4.34. The van der Waals surface area contributed by atoms with Gasteiger partial charge in [-0.25, -0.2) is 4.79 Å². The first kappa shape index (κ1) is 27.6. The number of amides is 1. The second kappa shape index (κ2) is 10.7. The minimum absolute atomic E-state index is 0.0687. The first-order valence-electron chi connectivity index (χ1n) is 11.1. The smallest absolute Gasteiger partial charge is 0.416 e. The molecule has 11 heteroatoms. The lowest BCUT2D eigenvalue weighted by atomic mass is 9.88. The number of hydrogen-bond donors (Lipinski definition) is 0. The lowest BCUT2D eigenvalue weighted by molar-refractivity contribution is -0.143. The van der Waals surface area contributed by atoms with Gasteiger partial charge < -0.3 is 14.5 Å². The number of nitrogens with zero attached hydrogens (tertiary/aromatic N) is 3. The monoisotopic (exact) mass is 493 g/mol. The van der Waals surface area contributed by atoms with Gasteiger partial charge in [-0.1, -0.05) is 13.8 Å². The molecule has 1 saturated heterocycles. The Morgan fingerprint density at radius 3 is 1.88 bits per heavy atom. The van der Waals surface area contributed by atoms with Crippen LogP contribution in [0.5, 0.6) is 0 Å². The fourth-order valence-electron chi connectivity index (χ4n) is 4.34. The topological polar surface area (TPSA) is 56.6 Å². The first-order valence-corrected chi connectivity index (χ1v) is 11.1. The second-order valence-electron chi connectivity index (χ2n) is 8.73. The number of carbonyl (C=O) groups excluding carboxylic acids is 1. The molecule has 3 atom stereocenters. The third-order valence-electron chi connectivity index (χ3n) is 5.93. The standard InChI is InChI=1S/C23H29F6N3O2/c1-5-18-10-20(11-19(6-2)32(18)21(33)34-14(3)4)31(13-30)12-15-7-16(22(24,25)26)9-17(8-15)23(27,28)29/h7-9,14,18-20H,5-6,10-12H2,1-4H3/t18-,19+,20?. The van der Waals surface area contributed by atoms with Crippen molar-refractivity contribution in [1.29, 1.82) is 5.26 Å². The van der Waals surface area contributed by atoms with E-state index in [0.717, 1.165) is 0 Å². The Morgan fingerprint density at radius 1 is 1.06 bits per heavy atom. The number of carbonyl (C=O) groups is 1. The van der Waals surface area contributed by atoms with Gasteiger partial charge in [-0.15, -0.1) is 0 Å². The van der Waals surface area contributed by atoms with E-state index in [2.05, 4.69) is 0 Å². The van der Waals surface area contributed by atoms with Crippen molar-refractivity contribution in [2.45, 2.75) is 96.5 Å². The number of likely N-dealkylation sites (tertiary alicyclic amines) is 1. The molecule has 34 heavy (non-hydrogen) atoms. The molecule has 2 rings (SSSR count). The van der Waals surface area contributed by atoms with E-state index < -0.39 is 42.2 Å². The summed E-state index contributed by atoms with van der Waals surface area (Å²) < 4.78 is 84.7. The highest BCUT2D eigenvalue weighted by molar-refractivity contribution is 5.69. The number of benzene rings is 1. The van der Waals surface area contributed by atoms with E-state index in [-0.39, 0.29) is 29.8 Å². The zero-order chi connectivity index (χ0) is 25.8. The van der Waals surface area contributed by atoms with Crippen LogP contribution >= 0.6 is 0 Å². The van der Waals surface area contributed by atoms with E-state index in [1.807, 2.05) is 20.0 Å². The molecular weight excluding hydrogens is 464 g/mol. The third-order valence-corrected chi connectivity index (χ3v) is 5.93. The molecule has 1 heterocycles. The summed E-state index contributed by atoms with van der Waals surface area (Å²) in [6, 6.07) is 0.342. The molecule has 1 unspecified atom stereocenters. The van der Waals surface area contributed by atoms with Crippen molar-refractivity contribution in [3.8, 4) is 6.19 Å². The zero-order valence-corrected chi connectivity index (χ0v) is 19.5. The molecule has 0 radical (unpaired) electrons. The summed E-state index contributed by atoms with van der Waals surface area (Å²) in [5.74, 6) is 0. The Labute approximate surface area is 195 Å². The van der Waals surface area contributed by atoms with Crippen LogP contribution in [-0.2, 0) is 23.6 Å². The van der Waals surface area contributed by atoms with Crippen LogP contribution in [0.15, 0.2) is 18.2 Å². The first-order chi connectivity index (χ1) is 15.7. The number of ether oxygens (including phenoxy) is 1. The summed E-state index contributed by atoms with van der Waals surface area (Å²) in [4.78, 5) is 15.5. The summed E-state index contributed by atoms with van der Waals surface area (Å²) in [5, 5.41) is 9.74. The van der Waals surface area contributed by atoms with Crippen LogP contribution < -0.4 is 0 Å². The van der Waals surface area contributed by atoms with Crippen LogP contribution in [0.25, 0.3) is 0 Å². The van der Waals surface area contributed by atoms with Gasteiger partial charge in [-0.2, -0.15) is 31.6 Å². The maximum absolute atomic E-state index is 13.2. The molecular formula is C23H29F6N3O2. The molecule has 1 aliphatic rings. The lowest BCUT2D eigenvalue weighted by Gasteiger charge is -2.46. The Bertz CT molecular complexity index is 848. The minimum atomic E-state index is -4.96. The molecule has 1 aliphatic heterocycles. The predicted octanol–water partition coefficient (Wildman–Crippen LogP) is 6.57. The van der Waals surface area contributed by atoms with Crippen molar-refractivity contribution in [1.82, 2.24) is 9.80 Å². The van der Waals surface area contributed by atoms with Crippen LogP contribution in [0.2, 0.25) is 0 Å². The van der Waals surface area contributed by atoms with Crippen molar-refractivity contribution in [3.05, 3.63) is 34.9 Å². The number of halogens is 6. The highest BCUT2D eigenvalue weighted by Gasteiger charge is 2.41. The molecule has 190 valence electrons. The minimum Gasteiger partial charge on any atom is -0.447 e. The molecule has 0 spiro atoms. The van der Waals surface area contributed by atoms with Crippen molar-refractivity contribution in [3.63, 3.8) is 0 Å². The summed E-state index contributed by atoms with van der Waals surface area (Å²) in [7, 11) is 0. The molecule has 0 N–H and O–H groups in total. The van der Waals surface area contributed by atoms with Gasteiger partial charge in [0.15, 0.2) is 6.19 Å². The van der Waals surface area contributed by atoms with Gasteiger partial charge in [-0.05, 0) is 63.3 Å². The van der Waals surface area contributed by atoms with Crippen molar-refractivity contribution >= 4 is 6.09 Å². The van der Waals surface area contributed by atoms with Gasteiger partial charge in [0, 0.05) is 18.1 Å². The molecule has 0 aliphatic carbocycles. The molecule has 1 fully saturated rings. The third kappa shape index (κ3) is 6.70. The van der Waals surface area contributed by atoms with Gasteiger partial charge in [0.05, 0.1) is 23.8 Å². The van der Waals surface area contributed by atoms with Gasteiger partial charge in [-0.3, -0.25) is 0 Å². The molecule has 0 bridgehead atoms. The predicted molar refractivity (Wildman–Crippen MR) is 112 cm³/mol. The van der Waals surface area contributed by atoms with E-state index >= 15 is 0 Å². The molecule has 1 aromatic rings. The molecule has 1 aromatic carbocycles. The summed E-state index contributed by atoms with van der Waals surface area (Å²) >= 11 is 0. The summed E-state index contributed by atoms with van der Waals surface area (Å²) in [5.41, 5.74) is -3.09. The Balaban J connectivity index is 2.34. The summed E-state index contributed by atoms with van der Waals surface area (Å²) in [6.07, 6.45) is -6.97. The Morgan fingerprint density at radius 2 is 1.53 bits per heavy atom. The SMILES string of the molecule is CC[C@@H]1CC(N(C#N)Cc2cc(C(F)(F)F)cc(C(F)(F)F)c2)C[C@H](CC)N1C(=O)OC(C)C. The average Bonchev–Trinajstić information content (AvgIpc) is 2.74. The van der Waals surface area contributed by atoms with Crippen molar-refractivity contribution in [2.75, 3.05) is 0 Å². The largest absolute Gasteiger partial charge is 0.447 e. The fraction of sp³-hybridized carbons (Fsp3) is 0.652. The maximum Gasteiger partial charge on any atom is 0.416 e. The maximum atomic E-state index is 13.2. The molecule has 1 amide bonds. The van der Waals surface area contributed by atoms with Crippen molar-refractivity contribution < 1.29 is 35.9 Å². The number of nitriles is 1. The number of hydrogen-bond acceptors (Lipinski definition) is 4. The van der Waals surface area contributed by atoms with E-state index in [0.29, 0.717) is 37.8 Å². The molecule has 0 aromatic heterocycles. The van der Waals surface area contributed by atoms with Gasteiger partial charge in [0.1, 0.15) is 0 Å². The quantitative estimate of drug-likeness (QED) is 0.255. The Kier molecular flexibility index (Phi) is 8.72. The van der Waals surface area contributed by atoms with Gasteiger partial charge in [0.2, 0.25) is 0 Å².